The summed E-state index contributed by atoms with van der Waals surface area (Å²) in [4.78, 5) is 7.60. The van der Waals surface area contributed by atoms with Crippen molar-refractivity contribution in [2.24, 2.45) is 4.99 Å². The average molecular weight is 639 g/mol. The molecule has 10 rings (SSSR count). The van der Waals surface area contributed by atoms with Gasteiger partial charge in [-0.05, 0) is 85.0 Å². The van der Waals surface area contributed by atoms with Crippen LogP contribution in [0.3, 0.4) is 0 Å². The number of rotatable bonds is 4. The fraction of sp³-hybridized carbons (Fsp3) is 0.0625. The highest BCUT2D eigenvalue weighted by molar-refractivity contribution is 6.04. The van der Waals surface area contributed by atoms with E-state index in [0.717, 1.165) is 22.7 Å². The van der Waals surface area contributed by atoms with Gasteiger partial charge in [0.25, 0.3) is 0 Å². The van der Waals surface area contributed by atoms with Crippen molar-refractivity contribution in [2.45, 2.75) is 11.5 Å². The van der Waals surface area contributed by atoms with Crippen LogP contribution in [0.4, 0.5) is 0 Å². The lowest BCUT2D eigenvalue weighted by Crippen LogP contribution is -2.33. The summed E-state index contributed by atoms with van der Waals surface area (Å²) in [5, 5.41) is 0. The van der Waals surface area contributed by atoms with E-state index in [1.54, 1.807) is 0 Å². The first-order valence-corrected chi connectivity index (χ1v) is 17.4. The summed E-state index contributed by atoms with van der Waals surface area (Å²) in [6, 6.07) is 64.3. The minimum Gasteiger partial charge on any atom is -0.349 e. The number of likely N-dealkylation sites (N-methyl/N-ethyl adjacent to an activating group) is 1. The number of hydrogen-bond acceptors (Lipinski definition) is 2. The van der Waals surface area contributed by atoms with Gasteiger partial charge < -0.3 is 4.90 Å². The standard InChI is InChI=1S/C48H34N2/c1-50-46(33-17-6-3-7-18-33)31-45(32-15-4-2-5-16-32)49-47(50)36-20-14-19-34(29-36)35-27-28-44-40(30-35)39-23-10-13-26-43(39)48(44)41-24-11-8-21-37(41)38-22-9-12-25-42(38)48/h2-31,46H,1H3. The van der Waals surface area contributed by atoms with Crippen molar-refractivity contribution in [3.05, 3.63) is 221 Å². The second-order valence-corrected chi connectivity index (χ2v) is 13.5. The molecule has 1 heterocycles. The van der Waals surface area contributed by atoms with Crippen LogP contribution >= 0.6 is 0 Å². The third kappa shape index (κ3) is 4.12. The van der Waals surface area contributed by atoms with Gasteiger partial charge in [0.15, 0.2) is 0 Å². The third-order valence-electron chi connectivity index (χ3n) is 11.0. The molecule has 1 spiro atoms. The Hall–Kier alpha value is -6.25. The summed E-state index contributed by atoms with van der Waals surface area (Å²) in [6.07, 6.45) is 2.28. The second kappa shape index (κ2) is 11.1. The summed E-state index contributed by atoms with van der Waals surface area (Å²) < 4.78 is 0. The van der Waals surface area contributed by atoms with E-state index in [9.17, 15) is 0 Å². The number of fused-ring (bicyclic) bond motifs is 10. The zero-order valence-corrected chi connectivity index (χ0v) is 27.8. The lowest BCUT2D eigenvalue weighted by atomic mass is 9.70. The molecule has 0 saturated heterocycles. The van der Waals surface area contributed by atoms with E-state index in [1.165, 1.54) is 61.2 Å². The van der Waals surface area contributed by atoms with Crippen molar-refractivity contribution in [1.29, 1.82) is 0 Å². The van der Waals surface area contributed by atoms with E-state index in [2.05, 4.69) is 194 Å². The molecule has 0 amide bonds. The van der Waals surface area contributed by atoms with Crippen molar-refractivity contribution < 1.29 is 0 Å². The molecule has 2 heteroatoms. The van der Waals surface area contributed by atoms with Gasteiger partial charge in [-0.1, -0.05) is 164 Å². The number of benzene rings is 7. The molecule has 0 bridgehead atoms. The van der Waals surface area contributed by atoms with Crippen molar-refractivity contribution in [2.75, 3.05) is 7.05 Å². The molecule has 0 fully saturated rings. The molecule has 0 saturated carbocycles. The van der Waals surface area contributed by atoms with E-state index in [1.807, 2.05) is 0 Å². The highest BCUT2D eigenvalue weighted by Crippen LogP contribution is 2.62. The molecule has 2 nitrogen and oxygen atoms in total. The fourth-order valence-electron chi connectivity index (χ4n) is 8.75. The molecule has 2 aliphatic carbocycles. The summed E-state index contributed by atoms with van der Waals surface area (Å²) in [5.74, 6) is 0.965. The summed E-state index contributed by atoms with van der Waals surface area (Å²) in [5.41, 5.74) is 17.3. The molecule has 1 unspecified atom stereocenters. The average Bonchev–Trinajstić information content (AvgIpc) is 3.66. The van der Waals surface area contributed by atoms with E-state index in [4.69, 9.17) is 4.99 Å². The lowest BCUT2D eigenvalue weighted by molar-refractivity contribution is 0.435. The molecule has 1 atom stereocenters. The van der Waals surface area contributed by atoms with Crippen LogP contribution in [0.15, 0.2) is 187 Å². The molecule has 0 aromatic heterocycles. The van der Waals surface area contributed by atoms with Gasteiger partial charge in [-0.3, -0.25) is 0 Å². The monoisotopic (exact) mass is 638 g/mol. The fourth-order valence-corrected chi connectivity index (χ4v) is 8.75. The van der Waals surface area contributed by atoms with Crippen LogP contribution < -0.4 is 0 Å². The molecule has 0 radical (unpaired) electrons. The molecule has 236 valence electrons. The number of aliphatic imine (C=N–C) groups is 1. The van der Waals surface area contributed by atoms with Crippen LogP contribution in [-0.2, 0) is 5.41 Å². The largest absolute Gasteiger partial charge is 0.349 e. The molecule has 1 aliphatic heterocycles. The van der Waals surface area contributed by atoms with Crippen LogP contribution in [0, 0.1) is 0 Å². The predicted molar refractivity (Wildman–Crippen MR) is 206 cm³/mol. The van der Waals surface area contributed by atoms with Gasteiger partial charge in [0.1, 0.15) is 5.84 Å². The number of nitrogens with zero attached hydrogens (tertiary/aromatic N) is 2. The smallest absolute Gasteiger partial charge is 0.137 e. The first-order valence-electron chi connectivity index (χ1n) is 17.4. The SMILES string of the molecule is CN1C(c2cccc(-c3ccc4c(c3)-c3ccccc3C43c4ccccc4-c4ccccc43)c2)=NC(c2ccccc2)=CC1c1ccccc1. The summed E-state index contributed by atoms with van der Waals surface area (Å²) in [6.45, 7) is 0. The molecule has 3 aliphatic rings. The number of hydrogen-bond donors (Lipinski definition) is 0. The zero-order valence-electron chi connectivity index (χ0n) is 27.8. The Labute approximate surface area is 293 Å². The third-order valence-corrected chi connectivity index (χ3v) is 11.0. The molecule has 50 heavy (non-hydrogen) atoms. The highest BCUT2D eigenvalue weighted by atomic mass is 15.2. The summed E-state index contributed by atoms with van der Waals surface area (Å²) >= 11 is 0. The normalized spacial score (nSPS) is 16.3. The Morgan fingerprint density at radius 2 is 0.940 bits per heavy atom. The molecule has 7 aromatic carbocycles. The topological polar surface area (TPSA) is 15.6 Å². The Balaban J connectivity index is 1.11. The van der Waals surface area contributed by atoms with Gasteiger partial charge in [-0.15, -0.1) is 0 Å². The Morgan fingerprint density at radius 3 is 1.60 bits per heavy atom. The Morgan fingerprint density at radius 1 is 0.440 bits per heavy atom. The maximum Gasteiger partial charge on any atom is 0.137 e. The molecular weight excluding hydrogens is 605 g/mol. The van der Waals surface area contributed by atoms with E-state index >= 15 is 0 Å². The van der Waals surface area contributed by atoms with Gasteiger partial charge in [0.2, 0.25) is 0 Å². The molecule has 7 aromatic rings. The van der Waals surface area contributed by atoms with Gasteiger partial charge in [0.05, 0.1) is 17.2 Å². The lowest BCUT2D eigenvalue weighted by Gasteiger charge is -2.33. The van der Waals surface area contributed by atoms with Crippen LogP contribution in [0.2, 0.25) is 0 Å². The van der Waals surface area contributed by atoms with E-state index in [-0.39, 0.29) is 11.5 Å². The van der Waals surface area contributed by atoms with Crippen molar-refractivity contribution >= 4 is 11.5 Å². The maximum atomic E-state index is 5.30. The zero-order chi connectivity index (χ0) is 33.2. The van der Waals surface area contributed by atoms with Crippen molar-refractivity contribution in [3.63, 3.8) is 0 Å². The maximum absolute atomic E-state index is 5.30. The van der Waals surface area contributed by atoms with Crippen LogP contribution in [0.5, 0.6) is 0 Å². The first kappa shape index (κ1) is 28.7. The Bertz CT molecular complexity index is 2460. The molecule has 0 N–H and O–H groups in total. The first-order chi connectivity index (χ1) is 24.7. The van der Waals surface area contributed by atoms with Crippen molar-refractivity contribution in [3.8, 4) is 33.4 Å². The van der Waals surface area contributed by atoms with Gasteiger partial charge in [-0.25, -0.2) is 4.99 Å². The van der Waals surface area contributed by atoms with Gasteiger partial charge >= 0.3 is 0 Å². The summed E-state index contributed by atoms with van der Waals surface area (Å²) in [7, 11) is 2.16. The van der Waals surface area contributed by atoms with Crippen LogP contribution in [0.25, 0.3) is 39.1 Å². The van der Waals surface area contributed by atoms with E-state index in [0.29, 0.717) is 0 Å². The minimum absolute atomic E-state index is 0.0624. The van der Waals surface area contributed by atoms with Crippen molar-refractivity contribution in [1.82, 2.24) is 4.90 Å². The van der Waals surface area contributed by atoms with Gasteiger partial charge in [0, 0.05) is 12.6 Å². The second-order valence-electron chi connectivity index (χ2n) is 13.5. The van der Waals surface area contributed by atoms with Gasteiger partial charge in [-0.2, -0.15) is 0 Å². The highest BCUT2D eigenvalue weighted by Gasteiger charge is 2.51. The predicted octanol–water partition coefficient (Wildman–Crippen LogP) is 11.2. The van der Waals surface area contributed by atoms with E-state index < -0.39 is 0 Å². The Kier molecular flexibility index (Phi) is 6.41. The minimum atomic E-state index is -0.328. The quantitative estimate of drug-likeness (QED) is 0.187. The van der Waals surface area contributed by atoms with Crippen LogP contribution in [0.1, 0.15) is 45.0 Å². The molecular formula is C48H34N2. The number of amidine groups is 1. The van der Waals surface area contributed by atoms with Crippen LogP contribution in [-0.4, -0.2) is 17.8 Å².